The van der Waals surface area contributed by atoms with Crippen LogP contribution in [0.2, 0.25) is 0 Å². The number of rotatable bonds is 3. The van der Waals surface area contributed by atoms with Crippen LogP contribution in [0.25, 0.3) is 0 Å². The van der Waals surface area contributed by atoms with Crippen LogP contribution in [0.5, 0.6) is 0 Å². The van der Waals surface area contributed by atoms with E-state index in [1.165, 1.54) is 16.7 Å². The molecule has 0 aromatic rings. The molecule has 0 aromatic carbocycles. The Morgan fingerprint density at radius 1 is 1.56 bits per heavy atom. The quantitative estimate of drug-likeness (QED) is 0.787. The molecule has 0 spiro atoms. The molecule has 2 amide bonds. The summed E-state index contributed by atoms with van der Waals surface area (Å²) in [6, 6.07) is -0.987. The summed E-state index contributed by atoms with van der Waals surface area (Å²) in [5.74, 6) is 0.297. The first-order valence-electron chi connectivity index (χ1n) is 6.06. The monoisotopic (exact) mass is 274 g/mol. The molecule has 0 aromatic heterocycles. The summed E-state index contributed by atoms with van der Waals surface area (Å²) in [6.07, 6.45) is 1.10. The first-order valence-corrected chi connectivity index (χ1v) is 7.21. The van der Waals surface area contributed by atoms with Crippen molar-refractivity contribution in [2.24, 2.45) is 5.92 Å². The largest absolute Gasteiger partial charge is 0.480 e. The number of carbonyl (C=O) groups excluding carboxylic acids is 1. The van der Waals surface area contributed by atoms with Crippen molar-refractivity contribution in [3.8, 4) is 0 Å². The normalized spacial score (nSPS) is 31.6. The first-order chi connectivity index (χ1) is 8.59. The van der Waals surface area contributed by atoms with Crippen molar-refractivity contribution in [1.29, 1.82) is 0 Å². The van der Waals surface area contributed by atoms with Gasteiger partial charge in [-0.15, -0.1) is 11.8 Å². The zero-order chi connectivity index (χ0) is 13.1. The second kappa shape index (κ2) is 5.79. The van der Waals surface area contributed by atoms with Gasteiger partial charge in [0.2, 0.25) is 0 Å². The van der Waals surface area contributed by atoms with E-state index in [9.17, 15) is 9.59 Å². The number of amides is 2. The van der Waals surface area contributed by atoms with Crippen molar-refractivity contribution in [3.63, 3.8) is 0 Å². The van der Waals surface area contributed by atoms with Crippen molar-refractivity contribution in [1.82, 2.24) is 10.2 Å². The van der Waals surface area contributed by atoms with Crippen LogP contribution in [-0.4, -0.2) is 58.9 Å². The average molecular weight is 274 g/mol. The molecule has 18 heavy (non-hydrogen) atoms. The van der Waals surface area contributed by atoms with E-state index in [1.54, 1.807) is 0 Å². The fraction of sp³-hybridized carbons (Fsp3) is 0.818. The lowest BCUT2D eigenvalue weighted by Crippen LogP contribution is -2.48. The maximum atomic E-state index is 11.9. The highest BCUT2D eigenvalue weighted by Crippen LogP contribution is 2.22. The second-order valence-electron chi connectivity index (χ2n) is 4.63. The number of carbonyl (C=O) groups is 2. The number of thioether (sulfide) groups is 1. The average Bonchev–Trinajstić information content (AvgIpc) is 2.94. The van der Waals surface area contributed by atoms with E-state index in [2.05, 4.69) is 5.32 Å². The van der Waals surface area contributed by atoms with Gasteiger partial charge in [0.15, 0.2) is 0 Å². The van der Waals surface area contributed by atoms with Crippen molar-refractivity contribution in [2.45, 2.75) is 25.5 Å². The Morgan fingerprint density at radius 3 is 2.94 bits per heavy atom. The molecule has 2 fully saturated rings. The molecule has 2 unspecified atom stereocenters. The van der Waals surface area contributed by atoms with Crippen LogP contribution in [-0.2, 0) is 9.53 Å². The van der Waals surface area contributed by atoms with Gasteiger partial charge < -0.3 is 20.1 Å². The summed E-state index contributed by atoms with van der Waals surface area (Å²) in [4.78, 5) is 24.3. The van der Waals surface area contributed by atoms with Gasteiger partial charge in [0.1, 0.15) is 6.04 Å². The summed E-state index contributed by atoms with van der Waals surface area (Å²) in [7, 11) is 0. The highest BCUT2D eigenvalue weighted by Gasteiger charge is 2.35. The zero-order valence-electron chi connectivity index (χ0n) is 10.3. The number of urea groups is 1. The second-order valence-corrected chi connectivity index (χ2v) is 5.63. The Morgan fingerprint density at radius 2 is 2.33 bits per heavy atom. The summed E-state index contributed by atoms with van der Waals surface area (Å²) < 4.78 is 5.42. The van der Waals surface area contributed by atoms with Crippen LogP contribution in [0.3, 0.4) is 0 Å². The molecule has 0 saturated carbocycles. The molecule has 2 aliphatic rings. The van der Waals surface area contributed by atoms with Gasteiger partial charge >= 0.3 is 12.0 Å². The smallest absolute Gasteiger partial charge is 0.327 e. The lowest BCUT2D eigenvalue weighted by Gasteiger charge is -2.22. The minimum absolute atomic E-state index is 0.161. The number of nitrogens with one attached hydrogen (secondary N) is 1. The molecular formula is C11H18N2O4S. The molecule has 0 aliphatic carbocycles. The molecule has 2 aliphatic heterocycles. The fourth-order valence-electron chi connectivity index (χ4n) is 2.21. The summed E-state index contributed by atoms with van der Waals surface area (Å²) in [5, 5.41) is 11.8. The lowest BCUT2D eigenvalue weighted by atomic mass is 10.0. The summed E-state index contributed by atoms with van der Waals surface area (Å²) >= 11 is 1.47. The van der Waals surface area contributed by atoms with Crippen molar-refractivity contribution < 1.29 is 19.4 Å². The topological polar surface area (TPSA) is 78.9 Å². The maximum Gasteiger partial charge on any atom is 0.327 e. The van der Waals surface area contributed by atoms with E-state index in [4.69, 9.17) is 9.84 Å². The third kappa shape index (κ3) is 2.89. The molecule has 7 heteroatoms. The van der Waals surface area contributed by atoms with Gasteiger partial charge in [0.25, 0.3) is 0 Å². The maximum absolute atomic E-state index is 11.9. The van der Waals surface area contributed by atoms with E-state index in [0.29, 0.717) is 24.1 Å². The van der Waals surface area contributed by atoms with E-state index in [-0.39, 0.29) is 12.1 Å². The highest BCUT2D eigenvalue weighted by atomic mass is 32.2. The number of carboxylic acids is 1. The molecule has 0 bridgehead atoms. The first kappa shape index (κ1) is 13.5. The molecule has 2 rings (SSSR count). The Labute approximate surface area is 110 Å². The number of hydrogen-bond donors (Lipinski definition) is 2. The van der Waals surface area contributed by atoms with Crippen LogP contribution < -0.4 is 5.32 Å². The van der Waals surface area contributed by atoms with Gasteiger partial charge in [0, 0.05) is 24.8 Å². The fourth-order valence-corrected chi connectivity index (χ4v) is 3.36. The van der Waals surface area contributed by atoms with Crippen LogP contribution >= 0.6 is 11.8 Å². The van der Waals surface area contributed by atoms with Crippen LogP contribution in [0.4, 0.5) is 4.79 Å². The van der Waals surface area contributed by atoms with Gasteiger partial charge in [-0.05, 0) is 13.3 Å². The third-order valence-corrected chi connectivity index (χ3v) is 4.49. The zero-order valence-corrected chi connectivity index (χ0v) is 11.1. The molecule has 3 atom stereocenters. The van der Waals surface area contributed by atoms with E-state index >= 15 is 0 Å². The van der Waals surface area contributed by atoms with Crippen molar-refractivity contribution in [3.05, 3.63) is 0 Å². The molecule has 6 nitrogen and oxygen atoms in total. The number of nitrogens with zero attached hydrogens (tertiary/aromatic N) is 1. The van der Waals surface area contributed by atoms with Gasteiger partial charge in [-0.3, -0.25) is 0 Å². The summed E-state index contributed by atoms with van der Waals surface area (Å²) in [5.41, 5.74) is 0. The van der Waals surface area contributed by atoms with E-state index < -0.39 is 12.0 Å². The number of ether oxygens (including phenoxy) is 1. The predicted molar refractivity (Wildman–Crippen MR) is 67.5 cm³/mol. The molecular weight excluding hydrogens is 256 g/mol. The highest BCUT2D eigenvalue weighted by molar-refractivity contribution is 7.99. The number of hydrogen-bond acceptors (Lipinski definition) is 4. The van der Waals surface area contributed by atoms with Gasteiger partial charge in [-0.1, -0.05) is 0 Å². The molecule has 2 N–H and O–H groups in total. The molecule has 0 radical (unpaired) electrons. The van der Waals surface area contributed by atoms with Crippen LogP contribution in [0.15, 0.2) is 0 Å². The molecule has 2 saturated heterocycles. The Bertz CT molecular complexity index is 339. The van der Waals surface area contributed by atoms with E-state index in [1.807, 2.05) is 6.92 Å². The van der Waals surface area contributed by atoms with Gasteiger partial charge in [0.05, 0.1) is 12.0 Å². The van der Waals surface area contributed by atoms with Crippen molar-refractivity contribution >= 4 is 23.8 Å². The standard InChI is InChI=1S/C11H18N2O4S/c1-7-8(2-3-17-7)4-12-11(16)13-6-18-5-9(13)10(14)15/h7-9H,2-6H2,1H3,(H,12,16)(H,14,15)/t7?,8?,9-/m0/s1. The van der Waals surface area contributed by atoms with Crippen LogP contribution in [0.1, 0.15) is 13.3 Å². The summed E-state index contributed by atoms with van der Waals surface area (Å²) in [6.45, 7) is 3.28. The Kier molecular flexibility index (Phi) is 4.34. The minimum atomic E-state index is -0.937. The number of aliphatic carboxylic acids is 1. The minimum Gasteiger partial charge on any atom is -0.480 e. The van der Waals surface area contributed by atoms with Crippen molar-refractivity contribution in [2.75, 3.05) is 24.8 Å². The van der Waals surface area contributed by atoms with Gasteiger partial charge in [-0.25, -0.2) is 9.59 Å². The predicted octanol–water partition coefficient (Wildman–Crippen LogP) is 0.580. The lowest BCUT2D eigenvalue weighted by molar-refractivity contribution is -0.140. The molecule has 102 valence electrons. The third-order valence-electron chi connectivity index (χ3n) is 3.48. The SMILES string of the molecule is CC1OCCC1CNC(=O)N1CSC[C@H]1C(=O)O. The molecule has 2 heterocycles. The number of carboxylic acid groups (broad SMARTS) is 1. The van der Waals surface area contributed by atoms with Crippen LogP contribution in [0, 0.1) is 5.92 Å². The Hall–Kier alpha value is -0.950. The van der Waals surface area contributed by atoms with Gasteiger partial charge in [-0.2, -0.15) is 0 Å². The Balaban J connectivity index is 1.82. The van der Waals surface area contributed by atoms with E-state index in [0.717, 1.165) is 13.0 Å².